The van der Waals surface area contributed by atoms with Gasteiger partial charge in [0.15, 0.2) is 6.04 Å². The highest BCUT2D eigenvalue weighted by Gasteiger charge is 2.40. The van der Waals surface area contributed by atoms with E-state index in [1.807, 2.05) is 0 Å². The van der Waals surface area contributed by atoms with E-state index in [-0.39, 0.29) is 0 Å². The third-order valence-electron chi connectivity index (χ3n) is 2.86. The fourth-order valence-corrected chi connectivity index (χ4v) is 1.96. The predicted octanol–water partition coefficient (Wildman–Crippen LogP) is 1.73. The quantitative estimate of drug-likeness (QED) is 0.728. The summed E-state index contributed by atoms with van der Waals surface area (Å²) in [6, 6.07) is 5.62. The van der Waals surface area contributed by atoms with Crippen molar-refractivity contribution in [3.63, 3.8) is 0 Å². The zero-order chi connectivity index (χ0) is 11.9. The van der Waals surface area contributed by atoms with Gasteiger partial charge in [0.05, 0.1) is 11.4 Å². The van der Waals surface area contributed by atoms with Gasteiger partial charge in [0.2, 0.25) is 0 Å². The highest BCUT2D eigenvalue weighted by Crippen LogP contribution is 2.35. The molecule has 1 atom stereocenters. The van der Waals surface area contributed by atoms with Gasteiger partial charge in [-0.05, 0) is 12.1 Å². The maximum absolute atomic E-state index is 12.8. The molecular formula is C11H12F2N2O. The van der Waals surface area contributed by atoms with Crippen LogP contribution in [0.15, 0.2) is 24.3 Å². The molecule has 0 aromatic heterocycles. The van der Waals surface area contributed by atoms with Gasteiger partial charge in [-0.1, -0.05) is 12.1 Å². The van der Waals surface area contributed by atoms with Crippen molar-refractivity contribution in [2.24, 2.45) is 0 Å². The minimum absolute atomic E-state index is 0.573. The molecule has 0 fully saturated rings. The van der Waals surface area contributed by atoms with Gasteiger partial charge in [0.1, 0.15) is 0 Å². The Balaban J connectivity index is 2.52. The smallest absolute Gasteiger partial charge is 0.267 e. The Morgan fingerprint density at radius 3 is 2.31 bits per heavy atom. The number of benzene rings is 1. The first-order valence-corrected chi connectivity index (χ1v) is 4.91. The van der Waals surface area contributed by atoms with Gasteiger partial charge in [-0.15, -0.1) is 0 Å². The average Bonchev–Trinajstić information content (AvgIpc) is 2.26. The molecule has 0 spiro atoms. The molecule has 1 unspecified atom stereocenters. The number of rotatable bonds is 1. The largest absolute Gasteiger partial charge is 0.356 e. The molecule has 0 radical (unpaired) electrons. The Labute approximate surface area is 92.3 Å². The zero-order valence-corrected chi connectivity index (χ0v) is 9.02. The Morgan fingerprint density at radius 2 is 1.75 bits per heavy atom. The number of para-hydroxylation sites is 2. The minimum atomic E-state index is -2.69. The molecule has 5 heteroatoms. The van der Waals surface area contributed by atoms with Crippen LogP contribution in [-0.2, 0) is 4.79 Å². The standard InChI is InChI=1S/C11H12F2N2O/c1-14-7-5-3-4-6-8(7)15(2)11(16)9(14)10(12)13/h3-6,9-10H,1-2H3. The van der Waals surface area contributed by atoms with Crippen molar-refractivity contribution in [3.8, 4) is 0 Å². The summed E-state index contributed by atoms with van der Waals surface area (Å²) in [5, 5.41) is 0. The molecule has 3 nitrogen and oxygen atoms in total. The van der Waals surface area contributed by atoms with Crippen LogP contribution in [0.2, 0.25) is 0 Å². The predicted molar refractivity (Wildman–Crippen MR) is 58.0 cm³/mol. The van der Waals surface area contributed by atoms with E-state index in [2.05, 4.69) is 0 Å². The third-order valence-corrected chi connectivity index (χ3v) is 2.86. The molecule has 0 saturated heterocycles. The first kappa shape index (κ1) is 10.9. The molecule has 0 saturated carbocycles. The van der Waals surface area contributed by atoms with Crippen LogP contribution in [0.1, 0.15) is 0 Å². The summed E-state index contributed by atoms with van der Waals surface area (Å²) in [5.74, 6) is -0.573. The number of likely N-dealkylation sites (N-methyl/N-ethyl adjacent to an activating group) is 2. The summed E-state index contributed by atoms with van der Waals surface area (Å²) in [5.41, 5.74) is 1.31. The van der Waals surface area contributed by atoms with Crippen molar-refractivity contribution >= 4 is 17.3 Å². The van der Waals surface area contributed by atoms with Crippen molar-refractivity contribution in [2.75, 3.05) is 23.9 Å². The normalized spacial score (nSPS) is 20.3. The van der Waals surface area contributed by atoms with Gasteiger partial charge in [0, 0.05) is 14.1 Å². The summed E-state index contributed by atoms with van der Waals surface area (Å²) >= 11 is 0. The third kappa shape index (κ3) is 1.43. The van der Waals surface area contributed by atoms with E-state index in [1.165, 1.54) is 23.9 Å². The van der Waals surface area contributed by atoms with E-state index in [1.54, 1.807) is 24.3 Å². The summed E-state index contributed by atoms with van der Waals surface area (Å²) < 4.78 is 25.6. The van der Waals surface area contributed by atoms with Crippen LogP contribution < -0.4 is 9.80 Å². The molecule has 1 aromatic rings. The maximum Gasteiger partial charge on any atom is 0.267 e. The van der Waals surface area contributed by atoms with E-state index in [9.17, 15) is 13.6 Å². The molecular weight excluding hydrogens is 214 g/mol. The van der Waals surface area contributed by atoms with Gasteiger partial charge in [-0.3, -0.25) is 4.79 Å². The van der Waals surface area contributed by atoms with Gasteiger partial charge >= 0.3 is 0 Å². The summed E-state index contributed by atoms with van der Waals surface area (Å²) in [7, 11) is 3.03. The number of amides is 1. The van der Waals surface area contributed by atoms with Crippen molar-refractivity contribution < 1.29 is 13.6 Å². The molecule has 16 heavy (non-hydrogen) atoms. The second-order valence-corrected chi connectivity index (χ2v) is 3.78. The van der Waals surface area contributed by atoms with Crippen LogP contribution in [-0.4, -0.2) is 32.5 Å². The number of carbonyl (C=O) groups excluding carboxylic acids is 1. The number of anilines is 2. The lowest BCUT2D eigenvalue weighted by atomic mass is 10.1. The van der Waals surface area contributed by atoms with E-state index >= 15 is 0 Å². The van der Waals surface area contributed by atoms with Crippen LogP contribution >= 0.6 is 0 Å². The molecule has 1 aliphatic rings. The second kappa shape index (κ2) is 3.73. The number of alkyl halides is 2. The van der Waals surface area contributed by atoms with E-state index < -0.39 is 18.4 Å². The highest BCUT2D eigenvalue weighted by atomic mass is 19.3. The topological polar surface area (TPSA) is 23.6 Å². The average molecular weight is 226 g/mol. The van der Waals surface area contributed by atoms with Crippen LogP contribution in [0, 0.1) is 0 Å². The molecule has 1 heterocycles. The van der Waals surface area contributed by atoms with Gasteiger partial charge in [-0.25, -0.2) is 8.78 Å². The number of hydrogen-bond donors (Lipinski definition) is 0. The number of fused-ring (bicyclic) bond motifs is 1. The van der Waals surface area contributed by atoms with E-state index in [0.717, 1.165) is 0 Å². The Bertz CT molecular complexity index is 422. The summed E-state index contributed by atoms with van der Waals surface area (Å²) in [4.78, 5) is 14.4. The Hall–Kier alpha value is -1.65. The van der Waals surface area contributed by atoms with Crippen LogP contribution in [0.4, 0.5) is 20.2 Å². The number of halogens is 2. The fraction of sp³-hybridized carbons (Fsp3) is 0.364. The Kier molecular flexibility index (Phi) is 2.53. The van der Waals surface area contributed by atoms with Crippen molar-refractivity contribution in [3.05, 3.63) is 24.3 Å². The number of hydrogen-bond acceptors (Lipinski definition) is 2. The van der Waals surface area contributed by atoms with Gasteiger partial charge < -0.3 is 9.80 Å². The van der Waals surface area contributed by atoms with Crippen molar-refractivity contribution in [1.29, 1.82) is 0 Å². The molecule has 0 aliphatic carbocycles. The molecule has 0 N–H and O–H groups in total. The lowest BCUT2D eigenvalue weighted by Gasteiger charge is -2.38. The first-order valence-electron chi connectivity index (χ1n) is 4.91. The van der Waals surface area contributed by atoms with Gasteiger partial charge in [0.25, 0.3) is 12.3 Å². The van der Waals surface area contributed by atoms with Crippen LogP contribution in [0.5, 0.6) is 0 Å². The molecule has 0 bridgehead atoms. The minimum Gasteiger partial charge on any atom is -0.356 e. The van der Waals surface area contributed by atoms with Crippen molar-refractivity contribution in [1.82, 2.24) is 0 Å². The van der Waals surface area contributed by atoms with Crippen molar-refractivity contribution in [2.45, 2.75) is 12.5 Å². The molecule has 1 aromatic carbocycles. The molecule has 86 valence electrons. The van der Waals surface area contributed by atoms with E-state index in [4.69, 9.17) is 0 Å². The monoisotopic (exact) mass is 226 g/mol. The molecule has 1 amide bonds. The fourth-order valence-electron chi connectivity index (χ4n) is 1.96. The lowest BCUT2D eigenvalue weighted by Crippen LogP contribution is -2.54. The second-order valence-electron chi connectivity index (χ2n) is 3.78. The number of nitrogens with zero attached hydrogens (tertiary/aromatic N) is 2. The highest BCUT2D eigenvalue weighted by molar-refractivity contribution is 6.05. The first-order chi connectivity index (χ1) is 7.54. The molecule has 2 rings (SSSR count). The SMILES string of the molecule is CN1C(=O)C(C(F)F)N(C)c2ccccc21. The number of carbonyl (C=O) groups is 1. The van der Waals surface area contributed by atoms with Crippen LogP contribution in [0.3, 0.4) is 0 Å². The summed E-state index contributed by atoms with van der Waals surface area (Å²) in [6.45, 7) is 0. The maximum atomic E-state index is 12.8. The Morgan fingerprint density at radius 1 is 1.19 bits per heavy atom. The van der Waals surface area contributed by atoms with E-state index in [0.29, 0.717) is 11.4 Å². The lowest BCUT2D eigenvalue weighted by molar-refractivity contribution is -0.123. The van der Waals surface area contributed by atoms with Crippen LogP contribution in [0.25, 0.3) is 0 Å². The summed E-state index contributed by atoms with van der Waals surface area (Å²) in [6.07, 6.45) is -2.69. The molecule has 1 aliphatic heterocycles. The zero-order valence-electron chi connectivity index (χ0n) is 9.02. The van der Waals surface area contributed by atoms with Gasteiger partial charge in [-0.2, -0.15) is 0 Å².